The van der Waals surface area contributed by atoms with E-state index in [4.69, 9.17) is 11.6 Å². The molecule has 0 saturated carbocycles. The molecule has 3 rings (SSSR count). The van der Waals surface area contributed by atoms with E-state index in [0.717, 1.165) is 10.1 Å². The third-order valence-corrected chi connectivity index (χ3v) is 4.86. The summed E-state index contributed by atoms with van der Waals surface area (Å²) < 4.78 is 39.7. The lowest BCUT2D eigenvalue weighted by Gasteiger charge is -2.18. The van der Waals surface area contributed by atoms with Crippen molar-refractivity contribution in [2.75, 3.05) is 7.05 Å². The zero-order valence-electron chi connectivity index (χ0n) is 16.1. The van der Waals surface area contributed by atoms with Crippen molar-refractivity contribution in [1.82, 2.24) is 24.5 Å². The molecule has 1 aromatic carbocycles. The van der Waals surface area contributed by atoms with E-state index in [1.54, 1.807) is 37.9 Å². The summed E-state index contributed by atoms with van der Waals surface area (Å²) in [5.74, 6) is -1.44. The third-order valence-electron chi connectivity index (χ3n) is 4.63. The highest BCUT2D eigenvalue weighted by Crippen LogP contribution is 2.27. The molecule has 10 heteroatoms. The van der Waals surface area contributed by atoms with Gasteiger partial charge in [0.15, 0.2) is 0 Å². The van der Waals surface area contributed by atoms with Gasteiger partial charge >= 0.3 is 6.18 Å². The molecule has 2 aromatic heterocycles. The molecule has 2 heterocycles. The van der Waals surface area contributed by atoms with Crippen molar-refractivity contribution in [3.05, 3.63) is 57.6 Å². The number of carbonyl (C=O) groups is 1. The van der Waals surface area contributed by atoms with Gasteiger partial charge in [-0.3, -0.25) is 4.79 Å². The highest BCUT2D eigenvalue weighted by molar-refractivity contribution is 6.30. The zero-order valence-corrected chi connectivity index (χ0v) is 16.8. The van der Waals surface area contributed by atoms with Gasteiger partial charge in [0, 0.05) is 36.4 Å². The zero-order chi connectivity index (χ0) is 21.3. The van der Waals surface area contributed by atoms with E-state index in [-0.39, 0.29) is 18.1 Å². The van der Waals surface area contributed by atoms with Crippen molar-refractivity contribution in [3.63, 3.8) is 0 Å². The van der Waals surface area contributed by atoms with Gasteiger partial charge in [-0.05, 0) is 43.5 Å². The van der Waals surface area contributed by atoms with E-state index in [1.165, 1.54) is 0 Å². The second-order valence-corrected chi connectivity index (χ2v) is 7.22. The van der Waals surface area contributed by atoms with Crippen molar-refractivity contribution >= 4 is 23.3 Å². The number of rotatable bonds is 5. The molecule has 6 nitrogen and oxygen atoms in total. The first-order valence-corrected chi connectivity index (χ1v) is 9.22. The molecule has 0 radical (unpaired) electrons. The molecular formula is C19H19ClF3N5O. The Labute approximate surface area is 170 Å². The van der Waals surface area contributed by atoms with E-state index in [1.807, 2.05) is 12.1 Å². The fourth-order valence-corrected chi connectivity index (χ4v) is 3.32. The predicted molar refractivity (Wildman–Crippen MR) is 102 cm³/mol. The normalized spacial score (nSPS) is 11.8. The molecule has 154 valence electrons. The topological polar surface area (TPSA) is 63.4 Å². The highest BCUT2D eigenvalue weighted by atomic mass is 35.5. The number of hydrogen-bond acceptors (Lipinski definition) is 4. The Bertz CT molecular complexity index is 1060. The van der Waals surface area contributed by atoms with Crippen LogP contribution in [0.2, 0.25) is 5.02 Å². The quantitative estimate of drug-likeness (QED) is 0.619. The van der Waals surface area contributed by atoms with Gasteiger partial charge < -0.3 is 4.90 Å². The van der Waals surface area contributed by atoms with E-state index < -0.39 is 12.0 Å². The van der Waals surface area contributed by atoms with Gasteiger partial charge in [-0.1, -0.05) is 23.7 Å². The van der Waals surface area contributed by atoms with Crippen LogP contribution in [0.5, 0.6) is 0 Å². The maximum atomic E-state index is 12.9. The Kier molecular flexibility index (Phi) is 5.79. The molecule has 0 spiro atoms. The molecular weight excluding hydrogens is 407 g/mol. The molecule has 0 atom stereocenters. The summed E-state index contributed by atoms with van der Waals surface area (Å²) in [6, 6.07) is 7.25. The molecule has 0 N–H and O–H groups in total. The van der Waals surface area contributed by atoms with Crippen LogP contribution in [0.1, 0.15) is 34.8 Å². The van der Waals surface area contributed by atoms with Gasteiger partial charge in [-0.25, -0.2) is 9.50 Å². The van der Waals surface area contributed by atoms with E-state index in [9.17, 15) is 18.0 Å². The Hall–Kier alpha value is -2.68. The van der Waals surface area contributed by atoms with E-state index in [2.05, 4.69) is 15.1 Å². The van der Waals surface area contributed by atoms with Gasteiger partial charge in [0.25, 0.3) is 11.6 Å². The smallest absolute Gasteiger partial charge is 0.341 e. The second kappa shape index (κ2) is 7.98. The molecule has 3 aromatic rings. The third kappa shape index (κ3) is 4.67. The van der Waals surface area contributed by atoms with Gasteiger partial charge in [-0.2, -0.15) is 18.2 Å². The maximum absolute atomic E-state index is 12.9. The number of carbonyl (C=O) groups excluding carboxylic acids is 1. The molecule has 0 saturated heterocycles. The average Bonchev–Trinajstić information content (AvgIpc) is 3.06. The minimum Gasteiger partial charge on any atom is -0.341 e. The minimum absolute atomic E-state index is 0.0987. The Morgan fingerprint density at radius 2 is 1.97 bits per heavy atom. The summed E-state index contributed by atoms with van der Waals surface area (Å²) in [4.78, 5) is 21.7. The first-order valence-electron chi connectivity index (χ1n) is 8.84. The number of fused-ring (bicyclic) bond motifs is 1. The Balaban J connectivity index is 1.75. The van der Waals surface area contributed by atoms with Crippen LogP contribution in [0.15, 0.2) is 24.3 Å². The van der Waals surface area contributed by atoms with Crippen LogP contribution in [0.4, 0.5) is 13.2 Å². The van der Waals surface area contributed by atoms with Crippen LogP contribution < -0.4 is 0 Å². The summed E-state index contributed by atoms with van der Waals surface area (Å²) in [6.45, 7) is 3.74. The second-order valence-electron chi connectivity index (χ2n) is 6.79. The van der Waals surface area contributed by atoms with Gasteiger partial charge in [0.2, 0.25) is 5.91 Å². The standard InChI is InChI=1S/C19H19ClF3N5O/c1-11-15(12(2)28-18(24-11)25-17(26-28)19(21,22)23)7-8-16(29)27(3)10-13-5-4-6-14(20)9-13/h4-6,9H,7-8,10H2,1-3H3. The SMILES string of the molecule is Cc1nc2nc(C(F)(F)F)nn2c(C)c1CCC(=O)N(C)Cc1cccc(Cl)c1. The minimum atomic E-state index is -4.65. The fraction of sp³-hybridized carbons (Fsp3) is 0.368. The van der Waals surface area contributed by atoms with Crippen molar-refractivity contribution in [3.8, 4) is 0 Å². The Morgan fingerprint density at radius 1 is 1.24 bits per heavy atom. The molecule has 0 aliphatic heterocycles. The summed E-state index contributed by atoms with van der Waals surface area (Å²) in [5, 5.41) is 4.12. The largest absolute Gasteiger partial charge is 0.453 e. The van der Waals surface area contributed by atoms with Crippen molar-refractivity contribution in [2.24, 2.45) is 0 Å². The summed E-state index contributed by atoms with van der Waals surface area (Å²) in [7, 11) is 1.69. The number of aromatic nitrogens is 4. The summed E-state index contributed by atoms with van der Waals surface area (Å²) in [6.07, 6.45) is -4.12. The van der Waals surface area contributed by atoms with Gasteiger partial charge in [-0.15, -0.1) is 5.10 Å². The van der Waals surface area contributed by atoms with Crippen molar-refractivity contribution in [1.29, 1.82) is 0 Å². The lowest BCUT2D eigenvalue weighted by Crippen LogP contribution is -2.26. The molecule has 1 amide bonds. The van der Waals surface area contributed by atoms with Crippen LogP contribution in [0, 0.1) is 13.8 Å². The first-order chi connectivity index (χ1) is 13.6. The van der Waals surface area contributed by atoms with Crippen LogP contribution >= 0.6 is 11.6 Å². The van der Waals surface area contributed by atoms with Crippen LogP contribution in [0.3, 0.4) is 0 Å². The monoisotopic (exact) mass is 425 g/mol. The molecule has 0 aliphatic carbocycles. The number of hydrogen-bond donors (Lipinski definition) is 0. The highest BCUT2D eigenvalue weighted by Gasteiger charge is 2.37. The lowest BCUT2D eigenvalue weighted by atomic mass is 10.1. The number of aryl methyl sites for hydroxylation is 2. The summed E-state index contributed by atoms with van der Waals surface area (Å²) in [5.41, 5.74) is 2.61. The van der Waals surface area contributed by atoms with E-state index >= 15 is 0 Å². The molecule has 0 bridgehead atoms. The van der Waals surface area contributed by atoms with Crippen molar-refractivity contribution in [2.45, 2.75) is 39.4 Å². The molecule has 0 unspecified atom stereocenters. The van der Waals surface area contributed by atoms with E-state index in [0.29, 0.717) is 34.9 Å². The Morgan fingerprint density at radius 3 is 2.62 bits per heavy atom. The summed E-state index contributed by atoms with van der Waals surface area (Å²) >= 11 is 5.97. The number of halogens is 4. The number of benzene rings is 1. The number of amides is 1. The maximum Gasteiger partial charge on any atom is 0.453 e. The molecule has 29 heavy (non-hydrogen) atoms. The predicted octanol–water partition coefficient (Wildman–Crippen LogP) is 4.00. The van der Waals surface area contributed by atoms with Crippen LogP contribution in [-0.4, -0.2) is 37.4 Å². The van der Waals surface area contributed by atoms with Crippen LogP contribution in [-0.2, 0) is 23.9 Å². The van der Waals surface area contributed by atoms with Crippen molar-refractivity contribution < 1.29 is 18.0 Å². The lowest BCUT2D eigenvalue weighted by molar-refractivity contribution is -0.144. The first kappa shape index (κ1) is 21.0. The van der Waals surface area contributed by atoms with Gasteiger partial charge in [0.05, 0.1) is 0 Å². The average molecular weight is 426 g/mol. The molecule has 0 aliphatic rings. The van der Waals surface area contributed by atoms with Gasteiger partial charge in [0.1, 0.15) is 0 Å². The van der Waals surface area contributed by atoms with Crippen LogP contribution in [0.25, 0.3) is 5.78 Å². The number of alkyl halides is 3. The fourth-order valence-electron chi connectivity index (χ4n) is 3.11. The number of nitrogens with zero attached hydrogens (tertiary/aromatic N) is 5. The molecule has 0 fully saturated rings.